The Kier molecular flexibility index (Phi) is 1.82. The molecule has 4 nitrogen and oxygen atoms in total. The van der Waals surface area contributed by atoms with Crippen molar-refractivity contribution in [3.8, 4) is 0 Å². The second kappa shape index (κ2) is 3.06. The Morgan fingerprint density at radius 2 is 1.40 bits per heavy atom. The zero-order valence-corrected chi connectivity index (χ0v) is 8.76. The molecule has 0 spiro atoms. The van der Waals surface area contributed by atoms with Gasteiger partial charge in [-0.05, 0) is 12.1 Å². The van der Waals surface area contributed by atoms with Crippen LogP contribution in [-0.2, 0) is 9.59 Å². The van der Waals surface area contributed by atoms with Crippen LogP contribution in [-0.4, -0.2) is 11.8 Å². The van der Waals surface area contributed by atoms with Crippen LogP contribution in [0.5, 0.6) is 0 Å². The smallest absolute Gasteiger partial charge is 0.222 e. The molecule has 0 aromatic carbocycles. The zero-order valence-electron chi connectivity index (χ0n) is 7.95. The molecule has 2 atom stereocenters. The van der Waals surface area contributed by atoms with Crippen LogP contribution in [0.3, 0.4) is 0 Å². The Bertz CT molecular complexity index is 386. The van der Waals surface area contributed by atoms with E-state index in [2.05, 4.69) is 10.6 Å². The average Bonchev–Trinajstić information content (AvgIpc) is 2.56. The van der Waals surface area contributed by atoms with Crippen molar-refractivity contribution in [1.29, 1.82) is 0 Å². The highest BCUT2D eigenvalue weighted by molar-refractivity contribution is 7.12. The fourth-order valence-electron chi connectivity index (χ4n) is 1.80. The SMILES string of the molecule is O=C1CC(c2ccc(C3CC(=O)N3)s2)N1. The molecule has 3 heterocycles. The van der Waals surface area contributed by atoms with Crippen LogP contribution < -0.4 is 10.6 Å². The summed E-state index contributed by atoms with van der Waals surface area (Å²) in [6, 6.07) is 4.47. The van der Waals surface area contributed by atoms with Crippen LogP contribution in [0.15, 0.2) is 12.1 Å². The van der Waals surface area contributed by atoms with Crippen LogP contribution >= 0.6 is 11.3 Å². The summed E-state index contributed by atoms with van der Waals surface area (Å²) in [5.41, 5.74) is 0. The van der Waals surface area contributed by atoms with Crippen LogP contribution in [0.2, 0.25) is 0 Å². The van der Waals surface area contributed by atoms with E-state index in [1.54, 1.807) is 11.3 Å². The molecule has 1 aromatic heterocycles. The van der Waals surface area contributed by atoms with Crippen LogP contribution in [0, 0.1) is 0 Å². The minimum absolute atomic E-state index is 0.117. The molecule has 2 aliphatic rings. The predicted molar refractivity (Wildman–Crippen MR) is 55.3 cm³/mol. The normalized spacial score (nSPS) is 28.8. The first-order valence-corrected chi connectivity index (χ1v) is 5.72. The first-order chi connectivity index (χ1) is 7.22. The highest BCUT2D eigenvalue weighted by atomic mass is 32.1. The standard InChI is InChI=1S/C10H10N2O2S/c13-9-3-5(11-9)7-1-2-8(15-7)6-4-10(14)12-6/h1-2,5-6H,3-4H2,(H,11,13)(H,12,14). The summed E-state index contributed by atoms with van der Waals surface area (Å²) in [6.45, 7) is 0. The molecule has 0 saturated carbocycles. The largest absolute Gasteiger partial charge is 0.348 e. The van der Waals surface area contributed by atoms with E-state index in [1.807, 2.05) is 12.1 Å². The number of hydrogen-bond donors (Lipinski definition) is 2. The van der Waals surface area contributed by atoms with Gasteiger partial charge in [0.1, 0.15) is 0 Å². The second-order valence-electron chi connectivity index (χ2n) is 3.89. The van der Waals surface area contributed by atoms with Crippen molar-refractivity contribution in [2.45, 2.75) is 24.9 Å². The Morgan fingerprint density at radius 3 is 1.73 bits per heavy atom. The number of nitrogens with one attached hydrogen (secondary N) is 2. The van der Waals surface area contributed by atoms with E-state index in [0.717, 1.165) is 0 Å². The second-order valence-corrected chi connectivity index (χ2v) is 5.04. The maximum atomic E-state index is 10.8. The monoisotopic (exact) mass is 222 g/mol. The van der Waals surface area contributed by atoms with Gasteiger partial charge in [-0.25, -0.2) is 0 Å². The summed E-state index contributed by atoms with van der Waals surface area (Å²) in [5, 5.41) is 5.68. The van der Waals surface area contributed by atoms with Crippen molar-refractivity contribution in [1.82, 2.24) is 10.6 Å². The van der Waals surface area contributed by atoms with Crippen molar-refractivity contribution >= 4 is 23.2 Å². The molecule has 78 valence electrons. The van der Waals surface area contributed by atoms with Gasteiger partial charge in [0.15, 0.2) is 0 Å². The molecule has 0 bridgehead atoms. The zero-order chi connectivity index (χ0) is 10.4. The Balaban J connectivity index is 1.71. The molecule has 2 fully saturated rings. The highest BCUT2D eigenvalue weighted by Gasteiger charge is 2.31. The van der Waals surface area contributed by atoms with E-state index in [4.69, 9.17) is 0 Å². The van der Waals surface area contributed by atoms with E-state index < -0.39 is 0 Å². The van der Waals surface area contributed by atoms with E-state index in [0.29, 0.717) is 12.8 Å². The minimum Gasteiger partial charge on any atom is -0.348 e. The molecule has 0 radical (unpaired) electrons. The lowest BCUT2D eigenvalue weighted by Crippen LogP contribution is -2.41. The number of β-lactam (4-membered cyclic amide) rings is 2. The van der Waals surface area contributed by atoms with Gasteiger partial charge in [0.05, 0.1) is 24.9 Å². The van der Waals surface area contributed by atoms with Gasteiger partial charge >= 0.3 is 0 Å². The van der Waals surface area contributed by atoms with Crippen molar-refractivity contribution in [2.24, 2.45) is 0 Å². The summed E-state index contributed by atoms with van der Waals surface area (Å²) in [5.74, 6) is 0.235. The van der Waals surface area contributed by atoms with Crippen LogP contribution in [0.1, 0.15) is 34.7 Å². The molecular weight excluding hydrogens is 212 g/mol. The Labute approximate surface area is 90.7 Å². The quantitative estimate of drug-likeness (QED) is 0.729. The molecule has 0 aliphatic carbocycles. The summed E-state index contributed by atoms with van der Waals surface area (Å²) in [4.78, 5) is 23.9. The first kappa shape index (κ1) is 8.91. The Hall–Kier alpha value is -1.36. The van der Waals surface area contributed by atoms with Gasteiger partial charge < -0.3 is 10.6 Å². The van der Waals surface area contributed by atoms with Crippen molar-refractivity contribution in [3.05, 3.63) is 21.9 Å². The summed E-state index contributed by atoms with van der Waals surface area (Å²) in [6.07, 6.45) is 1.19. The van der Waals surface area contributed by atoms with Gasteiger partial charge in [-0.2, -0.15) is 0 Å². The van der Waals surface area contributed by atoms with Crippen molar-refractivity contribution in [2.75, 3.05) is 0 Å². The minimum atomic E-state index is 0.117. The molecule has 2 N–H and O–H groups in total. The molecule has 2 amide bonds. The van der Waals surface area contributed by atoms with Gasteiger partial charge in [0.25, 0.3) is 0 Å². The van der Waals surface area contributed by atoms with Crippen LogP contribution in [0.4, 0.5) is 0 Å². The number of hydrogen-bond acceptors (Lipinski definition) is 3. The topological polar surface area (TPSA) is 58.2 Å². The maximum absolute atomic E-state index is 10.8. The van der Waals surface area contributed by atoms with Gasteiger partial charge in [0.2, 0.25) is 11.8 Å². The lowest BCUT2D eigenvalue weighted by Gasteiger charge is -2.27. The van der Waals surface area contributed by atoms with Crippen molar-refractivity contribution in [3.63, 3.8) is 0 Å². The number of carbonyl (C=O) groups excluding carboxylic acids is 2. The Morgan fingerprint density at radius 1 is 1.00 bits per heavy atom. The summed E-state index contributed by atoms with van der Waals surface area (Å²) >= 11 is 1.68. The number of carbonyl (C=O) groups is 2. The molecule has 1 aromatic rings. The predicted octanol–water partition coefficient (Wildman–Crippen LogP) is 0.870. The van der Waals surface area contributed by atoms with Crippen molar-refractivity contribution < 1.29 is 9.59 Å². The lowest BCUT2D eigenvalue weighted by atomic mass is 10.0. The van der Waals surface area contributed by atoms with Gasteiger partial charge in [-0.3, -0.25) is 9.59 Å². The van der Waals surface area contributed by atoms with E-state index in [-0.39, 0.29) is 23.9 Å². The van der Waals surface area contributed by atoms with E-state index in [9.17, 15) is 9.59 Å². The maximum Gasteiger partial charge on any atom is 0.222 e. The highest BCUT2D eigenvalue weighted by Crippen LogP contribution is 2.35. The molecule has 2 unspecified atom stereocenters. The molecule has 5 heteroatoms. The fraction of sp³-hybridized carbons (Fsp3) is 0.400. The molecule has 2 saturated heterocycles. The molecule has 15 heavy (non-hydrogen) atoms. The summed E-state index contributed by atoms with van der Waals surface area (Å²) in [7, 11) is 0. The average molecular weight is 222 g/mol. The van der Waals surface area contributed by atoms with E-state index >= 15 is 0 Å². The first-order valence-electron chi connectivity index (χ1n) is 4.91. The third-order valence-electron chi connectivity index (χ3n) is 2.78. The van der Waals surface area contributed by atoms with E-state index in [1.165, 1.54) is 9.75 Å². The molecule has 2 aliphatic heterocycles. The third kappa shape index (κ3) is 1.43. The fourth-order valence-corrected chi connectivity index (χ4v) is 2.92. The third-order valence-corrected chi connectivity index (χ3v) is 4.10. The van der Waals surface area contributed by atoms with Gasteiger partial charge in [0, 0.05) is 9.75 Å². The van der Waals surface area contributed by atoms with Gasteiger partial charge in [-0.1, -0.05) is 0 Å². The number of amides is 2. The lowest BCUT2D eigenvalue weighted by molar-refractivity contribution is -0.129. The van der Waals surface area contributed by atoms with Crippen LogP contribution in [0.25, 0.3) is 0 Å². The summed E-state index contributed by atoms with van der Waals surface area (Å²) < 4.78 is 0. The number of thiophene rings is 1. The molecular formula is C10H10N2O2S. The molecule has 3 rings (SSSR count). The number of rotatable bonds is 2. The van der Waals surface area contributed by atoms with Gasteiger partial charge in [-0.15, -0.1) is 11.3 Å².